The number of nitrogens with zero attached hydrogens (tertiary/aromatic N) is 2. The third kappa shape index (κ3) is 6.19. The Balaban J connectivity index is 2.62. The molecular weight excluding hydrogens is 260 g/mol. The van der Waals surface area contributed by atoms with Gasteiger partial charge in [-0.2, -0.15) is 0 Å². The van der Waals surface area contributed by atoms with Crippen LogP contribution in [0, 0.1) is 0 Å². The number of amides is 2. The maximum atomic E-state index is 10.6. The Labute approximate surface area is 118 Å². The predicted molar refractivity (Wildman–Crippen MR) is 77.6 cm³/mol. The van der Waals surface area contributed by atoms with Gasteiger partial charge in [-0.25, -0.2) is 14.8 Å². The van der Waals surface area contributed by atoms with E-state index in [0.29, 0.717) is 37.9 Å². The monoisotopic (exact) mass is 282 g/mol. The molecule has 0 bridgehead atoms. The van der Waals surface area contributed by atoms with E-state index in [0.717, 1.165) is 12.4 Å². The van der Waals surface area contributed by atoms with E-state index in [4.69, 9.17) is 10.5 Å². The van der Waals surface area contributed by atoms with Crippen LogP contribution in [0.1, 0.15) is 19.7 Å². The molecule has 8 nitrogen and oxygen atoms in total. The van der Waals surface area contributed by atoms with Gasteiger partial charge in [-0.15, -0.1) is 0 Å². The van der Waals surface area contributed by atoms with Crippen molar-refractivity contribution in [2.75, 3.05) is 36.9 Å². The average Bonchev–Trinajstić information content (AvgIpc) is 2.41. The van der Waals surface area contributed by atoms with Crippen LogP contribution in [-0.4, -0.2) is 42.2 Å². The highest BCUT2D eigenvalue weighted by molar-refractivity contribution is 5.71. The van der Waals surface area contributed by atoms with Gasteiger partial charge in [-0.3, -0.25) is 0 Å². The summed E-state index contributed by atoms with van der Waals surface area (Å²) in [4.78, 5) is 19.2. The van der Waals surface area contributed by atoms with Crippen LogP contribution in [0.15, 0.2) is 6.07 Å². The van der Waals surface area contributed by atoms with Gasteiger partial charge >= 0.3 is 6.03 Å². The van der Waals surface area contributed by atoms with Crippen molar-refractivity contribution in [2.45, 2.75) is 20.5 Å². The third-order valence-electron chi connectivity index (χ3n) is 2.30. The summed E-state index contributed by atoms with van der Waals surface area (Å²) < 4.78 is 5.31. The van der Waals surface area contributed by atoms with Crippen molar-refractivity contribution in [3.63, 3.8) is 0 Å². The van der Waals surface area contributed by atoms with Crippen molar-refractivity contribution < 1.29 is 9.53 Å². The van der Waals surface area contributed by atoms with Crippen LogP contribution in [0.25, 0.3) is 0 Å². The van der Waals surface area contributed by atoms with E-state index < -0.39 is 6.03 Å². The second kappa shape index (κ2) is 8.92. The number of urea groups is 1. The molecule has 0 saturated heterocycles. The zero-order chi connectivity index (χ0) is 14.8. The van der Waals surface area contributed by atoms with Crippen molar-refractivity contribution >= 4 is 17.7 Å². The normalized spacial score (nSPS) is 10.1. The summed E-state index contributed by atoms with van der Waals surface area (Å²) in [6, 6.07) is 1.27. The number of aromatic nitrogens is 2. The summed E-state index contributed by atoms with van der Waals surface area (Å²) in [5.41, 5.74) is 4.98. The second-order valence-electron chi connectivity index (χ2n) is 3.94. The third-order valence-corrected chi connectivity index (χ3v) is 2.30. The molecule has 1 heterocycles. The molecule has 5 N–H and O–H groups in total. The number of carbonyl (C=O) groups excluding carboxylic acids is 1. The quantitative estimate of drug-likeness (QED) is 0.491. The van der Waals surface area contributed by atoms with Gasteiger partial charge in [0.25, 0.3) is 0 Å². The lowest BCUT2D eigenvalue weighted by atomic mass is 10.4. The predicted octanol–water partition coefficient (Wildman–Crippen LogP) is 0.525. The number of hydrogen-bond donors (Lipinski definition) is 4. The molecule has 0 aliphatic rings. The van der Waals surface area contributed by atoms with Crippen LogP contribution in [0.5, 0.6) is 0 Å². The molecule has 0 aliphatic carbocycles. The Bertz CT molecular complexity index is 426. The highest BCUT2D eigenvalue weighted by atomic mass is 16.5. The number of anilines is 2. The van der Waals surface area contributed by atoms with Crippen LogP contribution >= 0.6 is 0 Å². The van der Waals surface area contributed by atoms with E-state index in [2.05, 4.69) is 25.9 Å². The molecule has 1 aromatic rings. The Kier molecular flexibility index (Phi) is 7.12. The molecule has 0 aliphatic heterocycles. The minimum atomic E-state index is -0.542. The standard InChI is InChI=1S/C12H22N6O2/c1-3-14-9-7-10(15-5-6-16-12(13)19)18-11(17-9)8-20-4-2/h7H,3-6,8H2,1-2H3,(H3,13,16,19)(H2,14,15,17,18). The zero-order valence-electron chi connectivity index (χ0n) is 11.9. The highest BCUT2D eigenvalue weighted by Crippen LogP contribution is 2.11. The fourth-order valence-corrected chi connectivity index (χ4v) is 1.49. The van der Waals surface area contributed by atoms with Crippen molar-refractivity contribution in [3.8, 4) is 0 Å². The number of nitrogens with two attached hydrogens (primary N) is 1. The van der Waals surface area contributed by atoms with Gasteiger partial charge in [-0.05, 0) is 13.8 Å². The van der Waals surface area contributed by atoms with Gasteiger partial charge in [-0.1, -0.05) is 0 Å². The number of primary amides is 1. The first-order valence-corrected chi connectivity index (χ1v) is 6.62. The molecule has 20 heavy (non-hydrogen) atoms. The Hall–Kier alpha value is -2.09. The molecule has 0 unspecified atom stereocenters. The summed E-state index contributed by atoms with van der Waals surface area (Å²) in [5.74, 6) is 2.02. The smallest absolute Gasteiger partial charge is 0.312 e. The largest absolute Gasteiger partial charge is 0.374 e. The summed E-state index contributed by atoms with van der Waals surface area (Å²) >= 11 is 0. The lowest BCUT2D eigenvalue weighted by Gasteiger charge is -2.10. The molecule has 0 aromatic carbocycles. The number of carbonyl (C=O) groups is 1. The van der Waals surface area contributed by atoms with Crippen molar-refractivity contribution in [1.82, 2.24) is 15.3 Å². The van der Waals surface area contributed by atoms with Crippen LogP contribution in [0.2, 0.25) is 0 Å². The highest BCUT2D eigenvalue weighted by Gasteiger charge is 2.04. The molecule has 8 heteroatoms. The second-order valence-corrected chi connectivity index (χ2v) is 3.94. The number of hydrogen-bond acceptors (Lipinski definition) is 6. The first kappa shape index (κ1) is 16.0. The molecule has 1 rings (SSSR count). The Morgan fingerprint density at radius 3 is 2.55 bits per heavy atom. The lowest BCUT2D eigenvalue weighted by Crippen LogP contribution is -2.33. The maximum absolute atomic E-state index is 10.6. The van der Waals surface area contributed by atoms with E-state index in [1.54, 1.807) is 0 Å². The molecule has 0 atom stereocenters. The molecule has 112 valence electrons. The van der Waals surface area contributed by atoms with E-state index in [1.807, 2.05) is 19.9 Å². The SMILES string of the molecule is CCNc1cc(NCCNC(N)=O)nc(COCC)n1. The first-order chi connectivity index (χ1) is 9.65. The summed E-state index contributed by atoms with van der Waals surface area (Å²) in [6.07, 6.45) is 0. The molecule has 1 aromatic heterocycles. The zero-order valence-corrected chi connectivity index (χ0v) is 11.9. The topological polar surface area (TPSA) is 114 Å². The van der Waals surface area contributed by atoms with Crippen LogP contribution < -0.4 is 21.7 Å². The maximum Gasteiger partial charge on any atom is 0.312 e. The van der Waals surface area contributed by atoms with E-state index >= 15 is 0 Å². The molecule has 2 amide bonds. The van der Waals surface area contributed by atoms with Gasteiger partial charge in [0.15, 0.2) is 5.82 Å². The number of ether oxygens (including phenoxy) is 1. The van der Waals surface area contributed by atoms with Crippen molar-refractivity contribution in [1.29, 1.82) is 0 Å². The average molecular weight is 282 g/mol. The lowest BCUT2D eigenvalue weighted by molar-refractivity contribution is 0.128. The van der Waals surface area contributed by atoms with Crippen LogP contribution in [-0.2, 0) is 11.3 Å². The first-order valence-electron chi connectivity index (χ1n) is 6.62. The molecular formula is C12H22N6O2. The number of nitrogens with one attached hydrogen (secondary N) is 3. The summed E-state index contributed by atoms with van der Waals surface area (Å²) in [7, 11) is 0. The van der Waals surface area contributed by atoms with Gasteiger partial charge in [0.05, 0.1) is 0 Å². The van der Waals surface area contributed by atoms with Crippen LogP contribution in [0.4, 0.5) is 16.4 Å². The van der Waals surface area contributed by atoms with Gasteiger partial charge in [0, 0.05) is 32.3 Å². The van der Waals surface area contributed by atoms with Crippen molar-refractivity contribution in [3.05, 3.63) is 11.9 Å². The van der Waals surface area contributed by atoms with Gasteiger partial charge in [0.1, 0.15) is 18.2 Å². The van der Waals surface area contributed by atoms with E-state index in [1.165, 1.54) is 0 Å². The summed E-state index contributed by atoms with van der Waals surface area (Å²) in [5, 5.41) is 8.73. The van der Waals surface area contributed by atoms with Crippen LogP contribution in [0.3, 0.4) is 0 Å². The Morgan fingerprint density at radius 2 is 1.95 bits per heavy atom. The van der Waals surface area contributed by atoms with E-state index in [-0.39, 0.29) is 0 Å². The summed E-state index contributed by atoms with van der Waals surface area (Å²) in [6.45, 7) is 6.62. The minimum absolute atomic E-state index is 0.365. The van der Waals surface area contributed by atoms with Gasteiger partial charge < -0.3 is 26.4 Å². The van der Waals surface area contributed by atoms with Gasteiger partial charge in [0.2, 0.25) is 0 Å². The molecule has 0 spiro atoms. The van der Waals surface area contributed by atoms with E-state index in [9.17, 15) is 4.79 Å². The molecule has 0 saturated carbocycles. The molecule has 0 radical (unpaired) electrons. The fourth-order valence-electron chi connectivity index (χ4n) is 1.49. The Morgan fingerprint density at radius 1 is 1.25 bits per heavy atom. The van der Waals surface area contributed by atoms with Crippen molar-refractivity contribution in [2.24, 2.45) is 5.73 Å². The fraction of sp³-hybridized carbons (Fsp3) is 0.583. The number of rotatable bonds is 9. The minimum Gasteiger partial charge on any atom is -0.374 e. The molecule has 0 fully saturated rings.